The van der Waals surface area contributed by atoms with Gasteiger partial charge in [-0.3, -0.25) is 9.36 Å². The highest BCUT2D eigenvalue weighted by molar-refractivity contribution is 9.13. The van der Waals surface area contributed by atoms with Gasteiger partial charge in [-0.2, -0.15) is 0 Å². The first-order valence-corrected chi connectivity index (χ1v) is 9.01. The Kier molecular flexibility index (Phi) is 4.69. The van der Waals surface area contributed by atoms with Crippen LogP contribution in [0.3, 0.4) is 0 Å². The molecule has 110 valence electrons. The average Bonchev–Trinajstić information content (AvgIpc) is 2.74. The summed E-state index contributed by atoms with van der Waals surface area (Å²) in [5.74, 6) is 0.0908. The van der Waals surface area contributed by atoms with Crippen molar-refractivity contribution in [2.24, 2.45) is 0 Å². The first-order valence-electron chi connectivity index (χ1n) is 6.63. The number of rotatable bonds is 2. The van der Waals surface area contributed by atoms with Gasteiger partial charge in [0.15, 0.2) is 0 Å². The Morgan fingerprint density at radius 3 is 2.62 bits per heavy atom. The fourth-order valence-corrected chi connectivity index (χ4v) is 4.04. The molecule has 0 bridgehead atoms. The Morgan fingerprint density at radius 1 is 1.19 bits per heavy atom. The van der Waals surface area contributed by atoms with Crippen molar-refractivity contribution in [2.45, 2.75) is 19.4 Å². The highest BCUT2D eigenvalue weighted by Gasteiger charge is 2.25. The summed E-state index contributed by atoms with van der Waals surface area (Å²) in [4.78, 5) is 12.7. The Bertz CT molecular complexity index is 692. The zero-order valence-corrected chi connectivity index (χ0v) is 15.9. The standard InChI is InChI=1S/C15H13Br3N2O/c16-10-3-1-9(2-4-10)7-13(21)20-12-5-6-19-8-11(12)14(17)15(20)18/h1-4,19H,5-8H2. The molecule has 0 saturated heterocycles. The van der Waals surface area contributed by atoms with Crippen LogP contribution in [0.4, 0.5) is 0 Å². The molecule has 6 heteroatoms. The van der Waals surface area contributed by atoms with Crippen molar-refractivity contribution in [3.63, 3.8) is 0 Å². The highest BCUT2D eigenvalue weighted by Crippen LogP contribution is 2.34. The zero-order valence-electron chi connectivity index (χ0n) is 11.1. The lowest BCUT2D eigenvalue weighted by Gasteiger charge is -2.16. The summed E-state index contributed by atoms with van der Waals surface area (Å²) in [5.41, 5.74) is 3.30. The minimum atomic E-state index is 0.0908. The van der Waals surface area contributed by atoms with E-state index in [0.29, 0.717) is 6.42 Å². The third kappa shape index (κ3) is 3.04. The van der Waals surface area contributed by atoms with Crippen LogP contribution < -0.4 is 5.32 Å². The van der Waals surface area contributed by atoms with Crippen molar-refractivity contribution in [1.29, 1.82) is 0 Å². The van der Waals surface area contributed by atoms with Gasteiger partial charge in [0.25, 0.3) is 0 Å². The Balaban J connectivity index is 1.93. The van der Waals surface area contributed by atoms with Gasteiger partial charge >= 0.3 is 0 Å². The van der Waals surface area contributed by atoms with E-state index < -0.39 is 0 Å². The predicted octanol–water partition coefficient (Wildman–Crippen LogP) is 4.30. The van der Waals surface area contributed by atoms with E-state index in [4.69, 9.17) is 0 Å². The molecule has 3 nitrogen and oxygen atoms in total. The summed E-state index contributed by atoms with van der Waals surface area (Å²) in [6, 6.07) is 7.87. The lowest BCUT2D eigenvalue weighted by Crippen LogP contribution is -2.27. The lowest BCUT2D eigenvalue weighted by atomic mass is 10.1. The third-order valence-electron chi connectivity index (χ3n) is 3.62. The van der Waals surface area contributed by atoms with Crippen LogP contribution in [0, 0.1) is 0 Å². The molecule has 0 saturated carbocycles. The third-order valence-corrected chi connectivity index (χ3v) is 6.29. The van der Waals surface area contributed by atoms with E-state index in [2.05, 4.69) is 53.1 Å². The SMILES string of the molecule is O=C(Cc1ccc(Br)cc1)n1c(Br)c(Br)c2c1CCNC2. The van der Waals surface area contributed by atoms with Crippen molar-refractivity contribution in [1.82, 2.24) is 9.88 Å². The van der Waals surface area contributed by atoms with Gasteiger partial charge in [0, 0.05) is 35.2 Å². The van der Waals surface area contributed by atoms with Crippen LogP contribution in [-0.2, 0) is 19.4 Å². The summed E-state index contributed by atoms with van der Waals surface area (Å²) in [5, 5.41) is 3.34. The molecule has 0 fully saturated rings. The number of benzene rings is 1. The van der Waals surface area contributed by atoms with Crippen LogP contribution in [0.1, 0.15) is 21.6 Å². The van der Waals surface area contributed by atoms with Crippen LogP contribution in [0.5, 0.6) is 0 Å². The maximum absolute atomic E-state index is 12.7. The fourth-order valence-electron chi connectivity index (χ4n) is 2.58. The Labute approximate surface area is 148 Å². The van der Waals surface area contributed by atoms with E-state index in [0.717, 1.165) is 44.3 Å². The summed E-state index contributed by atoms with van der Waals surface area (Å²) >= 11 is 10.5. The molecule has 0 amide bonds. The molecule has 0 radical (unpaired) electrons. The van der Waals surface area contributed by atoms with Crippen molar-refractivity contribution in [3.05, 3.63) is 54.6 Å². The summed E-state index contributed by atoms with van der Waals surface area (Å²) in [7, 11) is 0. The first-order chi connectivity index (χ1) is 10.1. The van der Waals surface area contributed by atoms with Crippen LogP contribution in [0.25, 0.3) is 0 Å². The topological polar surface area (TPSA) is 34.0 Å². The van der Waals surface area contributed by atoms with Crippen molar-refractivity contribution < 1.29 is 4.79 Å². The normalized spacial score (nSPS) is 14.0. The van der Waals surface area contributed by atoms with Crippen LogP contribution >= 0.6 is 47.8 Å². The van der Waals surface area contributed by atoms with Gasteiger partial charge in [-0.1, -0.05) is 28.1 Å². The number of hydrogen-bond acceptors (Lipinski definition) is 2. The van der Waals surface area contributed by atoms with Crippen LogP contribution in [0.15, 0.2) is 37.8 Å². The van der Waals surface area contributed by atoms with Crippen molar-refractivity contribution in [2.75, 3.05) is 6.54 Å². The average molecular weight is 477 g/mol. The molecule has 1 aliphatic heterocycles. The van der Waals surface area contributed by atoms with Gasteiger partial charge in [0.05, 0.1) is 10.9 Å². The number of halogens is 3. The number of aromatic nitrogens is 1. The van der Waals surface area contributed by atoms with E-state index >= 15 is 0 Å². The van der Waals surface area contributed by atoms with Crippen LogP contribution in [0.2, 0.25) is 0 Å². The molecule has 0 aliphatic carbocycles. The highest BCUT2D eigenvalue weighted by atomic mass is 79.9. The Hall–Kier alpha value is -0.430. The first kappa shape index (κ1) is 15.5. The predicted molar refractivity (Wildman–Crippen MR) is 93.7 cm³/mol. The number of nitrogens with one attached hydrogen (secondary N) is 1. The molecule has 21 heavy (non-hydrogen) atoms. The molecular weight excluding hydrogens is 464 g/mol. The minimum Gasteiger partial charge on any atom is -0.312 e. The maximum atomic E-state index is 12.7. The van der Waals surface area contributed by atoms with E-state index in [-0.39, 0.29) is 5.91 Å². The minimum absolute atomic E-state index is 0.0908. The molecule has 0 atom stereocenters. The fraction of sp³-hybridized carbons (Fsp3) is 0.267. The number of nitrogens with zero attached hydrogens (tertiary/aromatic N) is 1. The van der Waals surface area contributed by atoms with Gasteiger partial charge < -0.3 is 5.32 Å². The molecule has 2 heterocycles. The van der Waals surface area contributed by atoms with E-state index in [1.54, 1.807) is 0 Å². The van der Waals surface area contributed by atoms with E-state index in [9.17, 15) is 4.79 Å². The zero-order chi connectivity index (χ0) is 15.0. The molecule has 1 aromatic carbocycles. The van der Waals surface area contributed by atoms with Gasteiger partial charge in [-0.05, 0) is 49.6 Å². The molecule has 1 aliphatic rings. The second-order valence-corrected chi connectivity index (χ2v) is 7.45. The van der Waals surface area contributed by atoms with Crippen molar-refractivity contribution >= 4 is 53.7 Å². The largest absolute Gasteiger partial charge is 0.312 e. The monoisotopic (exact) mass is 474 g/mol. The van der Waals surface area contributed by atoms with Gasteiger partial charge in [0.1, 0.15) is 4.60 Å². The molecular formula is C15H13Br3N2O. The van der Waals surface area contributed by atoms with E-state index in [1.807, 2.05) is 28.8 Å². The van der Waals surface area contributed by atoms with Crippen LogP contribution in [-0.4, -0.2) is 17.0 Å². The molecule has 1 N–H and O–H groups in total. The Morgan fingerprint density at radius 2 is 1.90 bits per heavy atom. The molecule has 0 spiro atoms. The molecule has 1 aromatic heterocycles. The van der Waals surface area contributed by atoms with Gasteiger partial charge in [-0.25, -0.2) is 0 Å². The maximum Gasteiger partial charge on any atom is 0.236 e. The number of hydrogen-bond donors (Lipinski definition) is 1. The quantitative estimate of drug-likeness (QED) is 0.701. The lowest BCUT2D eigenvalue weighted by molar-refractivity contribution is 0.0908. The van der Waals surface area contributed by atoms with E-state index in [1.165, 1.54) is 5.56 Å². The van der Waals surface area contributed by atoms with Gasteiger partial charge in [-0.15, -0.1) is 0 Å². The summed E-state index contributed by atoms with van der Waals surface area (Å²) < 4.78 is 4.63. The molecule has 3 rings (SSSR count). The van der Waals surface area contributed by atoms with Crippen molar-refractivity contribution in [3.8, 4) is 0 Å². The molecule has 2 aromatic rings. The summed E-state index contributed by atoms with van der Waals surface area (Å²) in [6.07, 6.45) is 1.26. The summed E-state index contributed by atoms with van der Waals surface area (Å²) in [6.45, 7) is 1.70. The second-order valence-electron chi connectivity index (χ2n) is 4.99. The van der Waals surface area contributed by atoms with Gasteiger partial charge in [0.2, 0.25) is 5.91 Å². The second kappa shape index (κ2) is 6.36. The number of carbonyl (C=O) groups is 1. The number of carbonyl (C=O) groups excluding carboxylic acids is 1. The smallest absolute Gasteiger partial charge is 0.236 e. The number of fused-ring (bicyclic) bond motifs is 1. The molecule has 0 unspecified atom stereocenters.